The van der Waals surface area contributed by atoms with Crippen molar-refractivity contribution in [1.82, 2.24) is 10.2 Å². The van der Waals surface area contributed by atoms with E-state index in [1.165, 1.54) is 11.1 Å². The number of nitrogens with zero attached hydrogens (tertiary/aromatic N) is 1. The van der Waals surface area contributed by atoms with Gasteiger partial charge in [-0.15, -0.1) is 0 Å². The second-order valence-electron chi connectivity index (χ2n) is 7.07. The Morgan fingerprint density at radius 1 is 1.00 bits per heavy atom. The monoisotopic (exact) mass is 344 g/mol. The van der Waals surface area contributed by atoms with Crippen molar-refractivity contribution in [2.45, 2.75) is 25.9 Å². The van der Waals surface area contributed by atoms with Gasteiger partial charge in [-0.3, -0.25) is 9.69 Å². The molecular formula is C23H24N2O. The number of hydrogen-bond acceptors (Lipinski definition) is 2. The van der Waals surface area contributed by atoms with Crippen LogP contribution >= 0.6 is 0 Å². The van der Waals surface area contributed by atoms with Gasteiger partial charge in [-0.1, -0.05) is 60.7 Å². The Hall–Kier alpha value is -2.65. The van der Waals surface area contributed by atoms with Crippen LogP contribution in [-0.4, -0.2) is 29.9 Å². The fourth-order valence-corrected chi connectivity index (χ4v) is 3.78. The SMILES string of the molecule is CC(CNC(=O)c1cccc2ccccc12)N1CCc2ccccc2C1. The summed E-state index contributed by atoms with van der Waals surface area (Å²) >= 11 is 0. The Kier molecular flexibility index (Phi) is 4.72. The molecule has 0 spiro atoms. The molecule has 0 aliphatic carbocycles. The molecule has 1 heterocycles. The number of hydrogen-bond donors (Lipinski definition) is 1. The smallest absolute Gasteiger partial charge is 0.251 e. The first-order chi connectivity index (χ1) is 12.7. The zero-order valence-electron chi connectivity index (χ0n) is 15.1. The van der Waals surface area contributed by atoms with E-state index in [2.05, 4.69) is 41.4 Å². The van der Waals surface area contributed by atoms with Crippen LogP contribution in [0.3, 0.4) is 0 Å². The molecule has 0 aromatic heterocycles. The molecule has 1 unspecified atom stereocenters. The van der Waals surface area contributed by atoms with Crippen LogP contribution in [0.4, 0.5) is 0 Å². The van der Waals surface area contributed by atoms with Crippen LogP contribution in [0.2, 0.25) is 0 Å². The predicted molar refractivity (Wildman–Crippen MR) is 106 cm³/mol. The first-order valence-electron chi connectivity index (χ1n) is 9.29. The molecule has 1 atom stereocenters. The van der Waals surface area contributed by atoms with E-state index >= 15 is 0 Å². The summed E-state index contributed by atoms with van der Waals surface area (Å²) in [4.78, 5) is 15.2. The van der Waals surface area contributed by atoms with Gasteiger partial charge in [-0.2, -0.15) is 0 Å². The van der Waals surface area contributed by atoms with Crippen LogP contribution < -0.4 is 5.32 Å². The average molecular weight is 344 g/mol. The molecule has 3 heteroatoms. The maximum Gasteiger partial charge on any atom is 0.251 e. The second kappa shape index (κ2) is 7.30. The van der Waals surface area contributed by atoms with Crippen LogP contribution in [0.5, 0.6) is 0 Å². The van der Waals surface area contributed by atoms with Gasteiger partial charge in [0.1, 0.15) is 0 Å². The third kappa shape index (κ3) is 3.35. The molecule has 4 rings (SSSR count). The third-order valence-corrected chi connectivity index (χ3v) is 5.38. The van der Waals surface area contributed by atoms with Crippen LogP contribution in [0.15, 0.2) is 66.7 Å². The Labute approximate surface area is 154 Å². The molecule has 26 heavy (non-hydrogen) atoms. The van der Waals surface area contributed by atoms with Crippen molar-refractivity contribution in [2.75, 3.05) is 13.1 Å². The summed E-state index contributed by atoms with van der Waals surface area (Å²) in [5, 5.41) is 5.24. The van der Waals surface area contributed by atoms with Gasteiger partial charge in [0.05, 0.1) is 0 Å². The molecule has 1 aliphatic rings. The summed E-state index contributed by atoms with van der Waals surface area (Å²) in [7, 11) is 0. The summed E-state index contributed by atoms with van der Waals surface area (Å²) in [5.74, 6) is 0.00561. The van der Waals surface area contributed by atoms with E-state index in [1.807, 2.05) is 42.5 Å². The number of carbonyl (C=O) groups is 1. The molecule has 3 nitrogen and oxygen atoms in total. The van der Waals surface area contributed by atoms with Crippen molar-refractivity contribution in [3.05, 3.63) is 83.4 Å². The molecular weight excluding hydrogens is 320 g/mol. The fraction of sp³-hybridized carbons (Fsp3) is 0.261. The number of carbonyl (C=O) groups excluding carboxylic acids is 1. The minimum Gasteiger partial charge on any atom is -0.350 e. The van der Waals surface area contributed by atoms with Crippen LogP contribution in [-0.2, 0) is 13.0 Å². The van der Waals surface area contributed by atoms with Crippen LogP contribution in [0.1, 0.15) is 28.4 Å². The summed E-state index contributed by atoms with van der Waals surface area (Å²) in [6.45, 7) is 4.85. The lowest BCUT2D eigenvalue weighted by Gasteiger charge is -2.33. The van der Waals surface area contributed by atoms with Gasteiger partial charge in [0, 0.05) is 31.2 Å². The maximum absolute atomic E-state index is 12.7. The van der Waals surface area contributed by atoms with E-state index in [4.69, 9.17) is 0 Å². The van der Waals surface area contributed by atoms with Gasteiger partial charge in [-0.05, 0) is 41.3 Å². The van der Waals surface area contributed by atoms with Crippen LogP contribution in [0.25, 0.3) is 10.8 Å². The molecule has 0 saturated heterocycles. The van der Waals surface area contributed by atoms with Crippen molar-refractivity contribution in [3.8, 4) is 0 Å². The third-order valence-electron chi connectivity index (χ3n) is 5.38. The highest BCUT2D eigenvalue weighted by molar-refractivity contribution is 6.07. The Bertz CT molecular complexity index is 929. The topological polar surface area (TPSA) is 32.3 Å². The van der Waals surface area contributed by atoms with E-state index in [1.54, 1.807) is 0 Å². The van der Waals surface area contributed by atoms with E-state index in [-0.39, 0.29) is 5.91 Å². The quantitative estimate of drug-likeness (QED) is 0.775. The zero-order chi connectivity index (χ0) is 17.9. The molecule has 3 aromatic carbocycles. The molecule has 1 amide bonds. The summed E-state index contributed by atoms with van der Waals surface area (Å²) in [6.07, 6.45) is 1.08. The Morgan fingerprint density at radius 3 is 2.62 bits per heavy atom. The van der Waals surface area contributed by atoms with Crippen molar-refractivity contribution in [2.24, 2.45) is 0 Å². The minimum absolute atomic E-state index is 0.00561. The number of nitrogens with one attached hydrogen (secondary N) is 1. The van der Waals surface area contributed by atoms with E-state index in [9.17, 15) is 4.79 Å². The highest BCUT2D eigenvalue weighted by Crippen LogP contribution is 2.21. The van der Waals surface area contributed by atoms with Crippen molar-refractivity contribution in [1.29, 1.82) is 0 Å². The van der Waals surface area contributed by atoms with E-state index in [0.717, 1.165) is 35.8 Å². The lowest BCUT2D eigenvalue weighted by molar-refractivity contribution is 0.0934. The van der Waals surface area contributed by atoms with Crippen molar-refractivity contribution < 1.29 is 4.79 Å². The molecule has 0 bridgehead atoms. The first kappa shape index (κ1) is 16.8. The zero-order valence-corrected chi connectivity index (χ0v) is 15.1. The largest absolute Gasteiger partial charge is 0.350 e. The summed E-state index contributed by atoms with van der Waals surface area (Å²) in [5.41, 5.74) is 3.61. The van der Waals surface area contributed by atoms with Gasteiger partial charge >= 0.3 is 0 Å². The predicted octanol–water partition coefficient (Wildman–Crippen LogP) is 4.02. The van der Waals surface area contributed by atoms with E-state index in [0.29, 0.717) is 12.6 Å². The highest BCUT2D eigenvalue weighted by Gasteiger charge is 2.21. The van der Waals surface area contributed by atoms with E-state index < -0.39 is 0 Å². The van der Waals surface area contributed by atoms with Gasteiger partial charge in [-0.25, -0.2) is 0 Å². The molecule has 0 radical (unpaired) electrons. The first-order valence-corrected chi connectivity index (χ1v) is 9.29. The number of amides is 1. The van der Waals surface area contributed by atoms with Crippen LogP contribution in [0, 0.1) is 0 Å². The second-order valence-corrected chi connectivity index (χ2v) is 7.07. The Balaban J connectivity index is 1.41. The molecule has 132 valence electrons. The highest BCUT2D eigenvalue weighted by atomic mass is 16.1. The standard InChI is InChI=1S/C23H24N2O/c1-17(25-14-13-18-7-2-3-9-20(18)16-25)15-24-23(26)22-12-6-10-19-8-4-5-11-21(19)22/h2-12,17H,13-16H2,1H3,(H,24,26). The summed E-state index contributed by atoms with van der Waals surface area (Å²) < 4.78 is 0. The minimum atomic E-state index is 0.00561. The van der Waals surface area contributed by atoms with Crippen molar-refractivity contribution in [3.63, 3.8) is 0 Å². The average Bonchev–Trinajstić information content (AvgIpc) is 2.71. The number of rotatable bonds is 4. The lowest BCUT2D eigenvalue weighted by atomic mass is 9.99. The Morgan fingerprint density at radius 2 is 1.73 bits per heavy atom. The van der Waals surface area contributed by atoms with Gasteiger partial charge in [0.25, 0.3) is 5.91 Å². The molecule has 0 saturated carbocycles. The molecule has 0 fully saturated rings. The molecule has 1 aliphatic heterocycles. The fourth-order valence-electron chi connectivity index (χ4n) is 3.78. The maximum atomic E-state index is 12.7. The lowest BCUT2D eigenvalue weighted by Crippen LogP contribution is -2.44. The van der Waals surface area contributed by atoms with Gasteiger partial charge in [0.2, 0.25) is 0 Å². The number of fused-ring (bicyclic) bond motifs is 2. The molecule has 3 aromatic rings. The molecule has 1 N–H and O–H groups in total. The number of benzene rings is 3. The van der Waals surface area contributed by atoms with Crippen molar-refractivity contribution >= 4 is 16.7 Å². The van der Waals surface area contributed by atoms with Gasteiger partial charge in [0.15, 0.2) is 0 Å². The normalized spacial score (nSPS) is 15.4. The van der Waals surface area contributed by atoms with Gasteiger partial charge < -0.3 is 5.32 Å². The summed E-state index contributed by atoms with van der Waals surface area (Å²) in [6, 6.07) is 22.9.